The molecule has 1 aliphatic carbocycles. The van der Waals surface area contributed by atoms with Crippen LogP contribution in [0, 0.1) is 0 Å². The van der Waals surface area contributed by atoms with E-state index in [9.17, 15) is 14.4 Å². The van der Waals surface area contributed by atoms with Gasteiger partial charge >= 0.3 is 7.60 Å². The van der Waals surface area contributed by atoms with Crippen molar-refractivity contribution in [3.8, 4) is 0 Å². The maximum Gasteiger partial charge on any atom is 0.326 e. The molecule has 11 nitrogen and oxygen atoms in total. The van der Waals surface area contributed by atoms with E-state index in [0.717, 1.165) is 31.9 Å². The number of hydrogen-bond donors (Lipinski definition) is 6. The van der Waals surface area contributed by atoms with Crippen LogP contribution in [-0.4, -0.2) is 82.7 Å². The smallest absolute Gasteiger partial charge is 0.326 e. The second kappa shape index (κ2) is 15.3. The first-order chi connectivity index (χ1) is 20.8. The van der Waals surface area contributed by atoms with Gasteiger partial charge in [-0.1, -0.05) is 55.7 Å². The summed E-state index contributed by atoms with van der Waals surface area (Å²) >= 11 is 0. The molecule has 1 aromatic heterocycles. The fraction of sp³-hybridized carbons (Fsp3) is 0.548. The summed E-state index contributed by atoms with van der Waals surface area (Å²) in [6.45, 7) is 6.68. The molecule has 0 amide bonds. The first-order valence-corrected chi connectivity index (χ1v) is 17.5. The summed E-state index contributed by atoms with van der Waals surface area (Å²) in [5.74, 6) is 1.64. The third-order valence-electron chi connectivity index (χ3n) is 8.56. The Morgan fingerprint density at radius 1 is 0.907 bits per heavy atom. The molecular weight excluding hydrogens is 563 g/mol. The summed E-state index contributed by atoms with van der Waals surface area (Å²) in [6.07, 6.45) is 7.80. The van der Waals surface area contributed by atoms with E-state index in [1.165, 1.54) is 54.0 Å². The van der Waals surface area contributed by atoms with Crippen molar-refractivity contribution in [1.82, 2.24) is 25.5 Å². The van der Waals surface area contributed by atoms with E-state index in [0.29, 0.717) is 57.1 Å². The molecule has 1 saturated carbocycles. The summed E-state index contributed by atoms with van der Waals surface area (Å²) in [4.78, 5) is 31.7. The van der Waals surface area contributed by atoms with E-state index >= 15 is 0 Å². The van der Waals surface area contributed by atoms with Crippen molar-refractivity contribution in [1.29, 1.82) is 0 Å². The largest absolute Gasteiger partial charge is 0.383 e. The minimum absolute atomic E-state index is 0.119. The lowest BCUT2D eigenvalue weighted by Crippen LogP contribution is -2.47. The van der Waals surface area contributed by atoms with E-state index in [-0.39, 0.29) is 6.16 Å². The number of hydrogen-bond acceptors (Lipinski definition) is 9. The topological polar surface area (TPSA) is 152 Å². The molecule has 1 saturated heterocycles. The molecule has 2 heterocycles. The van der Waals surface area contributed by atoms with Gasteiger partial charge in [-0.25, -0.2) is 0 Å². The molecule has 5 rings (SSSR count). The first kappa shape index (κ1) is 31.6. The third-order valence-corrected chi connectivity index (χ3v) is 9.34. The minimum Gasteiger partial charge on any atom is -0.383 e. The Morgan fingerprint density at radius 2 is 1.60 bits per heavy atom. The van der Waals surface area contributed by atoms with Gasteiger partial charge in [0.1, 0.15) is 11.6 Å². The Morgan fingerprint density at radius 3 is 2.30 bits per heavy atom. The zero-order valence-corrected chi connectivity index (χ0v) is 25.9. The van der Waals surface area contributed by atoms with Gasteiger partial charge in [0.15, 0.2) is 0 Å². The van der Waals surface area contributed by atoms with Crippen molar-refractivity contribution < 1.29 is 14.4 Å². The first-order valence-electron chi connectivity index (χ1n) is 15.7. The van der Waals surface area contributed by atoms with Crippen LogP contribution in [0.5, 0.6) is 0 Å². The van der Waals surface area contributed by atoms with Gasteiger partial charge in [0, 0.05) is 57.9 Å². The number of nitrogens with one attached hydrogen (secondary N) is 3. The second-order valence-corrected chi connectivity index (χ2v) is 13.6. The highest BCUT2D eigenvalue weighted by molar-refractivity contribution is 7.51. The van der Waals surface area contributed by atoms with Crippen LogP contribution in [0.3, 0.4) is 0 Å². The molecule has 2 fully saturated rings. The van der Waals surface area contributed by atoms with Crippen LogP contribution in [0.15, 0.2) is 42.5 Å². The lowest BCUT2D eigenvalue weighted by atomic mass is 9.95. The number of fused-ring (bicyclic) bond motifs is 1. The number of aromatic nitrogens is 2. The van der Waals surface area contributed by atoms with Gasteiger partial charge in [0.05, 0.1) is 6.16 Å². The number of rotatable bonds is 14. The fourth-order valence-electron chi connectivity index (χ4n) is 6.12. The predicted octanol–water partition coefficient (Wildman–Crippen LogP) is 3.53. The Kier molecular flexibility index (Phi) is 11.2. The number of anilines is 3. The van der Waals surface area contributed by atoms with Crippen LogP contribution in [0.25, 0.3) is 10.8 Å². The molecule has 0 bridgehead atoms. The number of benzene rings is 2. The van der Waals surface area contributed by atoms with Crippen LogP contribution < -0.4 is 26.6 Å². The van der Waals surface area contributed by atoms with Gasteiger partial charge in [0.2, 0.25) is 5.95 Å². The number of nitrogen functional groups attached to an aromatic ring is 1. The Labute approximate surface area is 254 Å². The van der Waals surface area contributed by atoms with Crippen LogP contribution >= 0.6 is 7.60 Å². The number of nitrogens with zero attached hydrogens (tertiary/aromatic N) is 4. The monoisotopic (exact) mass is 610 g/mol. The van der Waals surface area contributed by atoms with Crippen LogP contribution in [-0.2, 0) is 17.7 Å². The summed E-state index contributed by atoms with van der Waals surface area (Å²) in [6, 6.07) is 15.4. The van der Waals surface area contributed by atoms with Crippen molar-refractivity contribution in [2.45, 2.75) is 57.7 Å². The summed E-state index contributed by atoms with van der Waals surface area (Å²) < 4.78 is 11.2. The van der Waals surface area contributed by atoms with Gasteiger partial charge in [0.25, 0.3) is 0 Å². The van der Waals surface area contributed by atoms with Gasteiger partial charge in [-0.15, -0.1) is 0 Å². The zero-order valence-electron chi connectivity index (χ0n) is 25.0. The van der Waals surface area contributed by atoms with Gasteiger partial charge in [-0.2, -0.15) is 9.97 Å². The van der Waals surface area contributed by atoms with Crippen molar-refractivity contribution in [2.24, 2.45) is 0 Å². The molecule has 0 radical (unpaired) electrons. The lowest BCUT2D eigenvalue weighted by Gasteiger charge is -2.35. The molecule has 0 atom stereocenters. The maximum absolute atomic E-state index is 11.2. The second-order valence-electron chi connectivity index (χ2n) is 11.8. The number of piperazine rings is 1. The Bertz CT molecular complexity index is 1370. The molecule has 1 aliphatic heterocycles. The van der Waals surface area contributed by atoms with E-state index in [4.69, 9.17) is 10.7 Å². The lowest BCUT2D eigenvalue weighted by molar-refractivity contribution is 0.264. The number of nitrogens with two attached hydrogens (primary N) is 1. The molecular formula is C31H47N8O3P. The molecule has 0 unspecified atom stereocenters. The predicted molar refractivity (Wildman–Crippen MR) is 174 cm³/mol. The Balaban J connectivity index is 1.13. The van der Waals surface area contributed by atoms with Crippen LogP contribution in [0.4, 0.5) is 17.6 Å². The molecule has 12 heteroatoms. The third kappa shape index (κ3) is 9.60. The average molecular weight is 611 g/mol. The zero-order chi connectivity index (χ0) is 30.1. The van der Waals surface area contributed by atoms with Crippen LogP contribution in [0.1, 0.15) is 49.7 Å². The van der Waals surface area contributed by atoms with Crippen molar-refractivity contribution in [3.05, 3.63) is 53.6 Å². The van der Waals surface area contributed by atoms with Crippen molar-refractivity contribution in [2.75, 3.05) is 67.9 Å². The molecule has 2 aliphatic rings. The van der Waals surface area contributed by atoms with Gasteiger partial charge in [-0.05, 0) is 54.3 Å². The van der Waals surface area contributed by atoms with E-state index in [2.05, 4.69) is 67.1 Å². The highest BCUT2D eigenvalue weighted by atomic mass is 31.2. The minimum atomic E-state index is -3.99. The van der Waals surface area contributed by atoms with E-state index < -0.39 is 7.60 Å². The molecule has 2 aromatic carbocycles. The standard InChI is InChI=1S/C31H47N8O3P/c32-29-21-30(39-17-15-38(16-18-39)19-20-43(40,41)42)37-31(36-29)35-23-25-12-11-24(27-9-4-5-10-28(25)27)22-33-13-6-14-34-26-7-2-1-3-8-26/h4-5,9-12,21,26,33-34H,1-3,6-8,13-20,22-23H2,(H2,40,41,42)(H3,32,35,36,37). The normalized spacial score (nSPS) is 17.0. The molecule has 3 aromatic rings. The summed E-state index contributed by atoms with van der Waals surface area (Å²) in [5.41, 5.74) is 8.62. The summed E-state index contributed by atoms with van der Waals surface area (Å²) in [7, 11) is -3.99. The van der Waals surface area contributed by atoms with Crippen molar-refractivity contribution in [3.63, 3.8) is 0 Å². The van der Waals surface area contributed by atoms with Crippen LogP contribution in [0.2, 0.25) is 0 Å². The van der Waals surface area contributed by atoms with E-state index in [1.54, 1.807) is 6.07 Å². The van der Waals surface area contributed by atoms with E-state index in [1.807, 2.05) is 0 Å². The molecule has 0 spiro atoms. The van der Waals surface area contributed by atoms with Gasteiger partial charge in [-0.3, -0.25) is 9.46 Å². The molecule has 7 N–H and O–H groups in total. The highest BCUT2D eigenvalue weighted by Crippen LogP contribution is 2.34. The average Bonchev–Trinajstić information content (AvgIpc) is 3.01. The Hall–Kier alpha value is -2.79. The fourth-order valence-corrected chi connectivity index (χ4v) is 6.67. The van der Waals surface area contributed by atoms with Crippen molar-refractivity contribution >= 4 is 36.0 Å². The highest BCUT2D eigenvalue weighted by Gasteiger charge is 2.22. The maximum atomic E-state index is 11.2. The van der Waals surface area contributed by atoms with Gasteiger partial charge < -0.3 is 36.4 Å². The summed E-state index contributed by atoms with van der Waals surface area (Å²) in [5, 5.41) is 13.2. The quantitative estimate of drug-likeness (QED) is 0.117. The molecule has 234 valence electrons. The SMILES string of the molecule is Nc1cc(N2CCN(CCP(=O)(O)O)CC2)nc(NCc2ccc(CNCCCNC3CCCCC3)c3ccccc23)n1. The molecule has 43 heavy (non-hydrogen) atoms.